The lowest BCUT2D eigenvalue weighted by Crippen LogP contribution is -2.17. The molecule has 6 nitrogen and oxygen atoms in total. The lowest BCUT2D eigenvalue weighted by molar-refractivity contribution is 0.405. The van der Waals surface area contributed by atoms with E-state index < -0.39 is 0 Å². The molecule has 0 aliphatic rings. The number of halogens is 1. The molecule has 0 amide bonds. The van der Waals surface area contributed by atoms with Gasteiger partial charge in [0.05, 0.1) is 22.6 Å². The molecule has 35 heavy (non-hydrogen) atoms. The first-order valence-electron chi connectivity index (χ1n) is 11.9. The first-order chi connectivity index (χ1) is 17.0. The van der Waals surface area contributed by atoms with Gasteiger partial charge in [0, 0.05) is 17.3 Å². The van der Waals surface area contributed by atoms with Crippen molar-refractivity contribution in [2.45, 2.75) is 19.9 Å². The summed E-state index contributed by atoms with van der Waals surface area (Å²) in [5, 5.41) is 11.2. The SMILES string of the molecule is Cc1cccc2c(NCCCN(C)C)nc(-c3nn(Cc4ccccc4)c4c(Cl)cccc34)nc12. The van der Waals surface area contributed by atoms with Gasteiger partial charge < -0.3 is 10.2 Å². The zero-order chi connectivity index (χ0) is 24.4. The molecule has 0 spiro atoms. The maximum atomic E-state index is 6.67. The predicted octanol–water partition coefficient (Wildman–Crippen LogP) is 6.02. The first kappa shape index (κ1) is 23.3. The van der Waals surface area contributed by atoms with Gasteiger partial charge in [0.1, 0.15) is 11.5 Å². The Labute approximate surface area is 210 Å². The van der Waals surface area contributed by atoms with E-state index >= 15 is 0 Å². The number of nitrogens with one attached hydrogen (secondary N) is 1. The lowest BCUT2D eigenvalue weighted by atomic mass is 10.1. The zero-order valence-electron chi connectivity index (χ0n) is 20.3. The number of anilines is 1. The average Bonchev–Trinajstić information content (AvgIpc) is 3.22. The van der Waals surface area contributed by atoms with Crippen molar-refractivity contribution in [3.63, 3.8) is 0 Å². The van der Waals surface area contributed by atoms with Crippen LogP contribution in [0.15, 0.2) is 66.7 Å². The fourth-order valence-electron chi connectivity index (χ4n) is 4.37. The largest absolute Gasteiger partial charge is 0.369 e. The third kappa shape index (κ3) is 4.85. The van der Waals surface area contributed by atoms with Crippen molar-refractivity contribution in [1.82, 2.24) is 24.6 Å². The van der Waals surface area contributed by atoms with Crippen LogP contribution in [0.3, 0.4) is 0 Å². The minimum Gasteiger partial charge on any atom is -0.369 e. The molecule has 178 valence electrons. The Morgan fingerprint density at radius 3 is 2.49 bits per heavy atom. The molecule has 5 rings (SSSR count). The van der Waals surface area contributed by atoms with E-state index in [0.29, 0.717) is 17.4 Å². The number of nitrogens with zero attached hydrogens (tertiary/aromatic N) is 5. The summed E-state index contributed by atoms with van der Waals surface area (Å²) in [5.74, 6) is 1.43. The van der Waals surface area contributed by atoms with E-state index in [1.54, 1.807) is 0 Å². The van der Waals surface area contributed by atoms with Crippen molar-refractivity contribution < 1.29 is 0 Å². The topological polar surface area (TPSA) is 58.9 Å². The fourth-order valence-corrected chi connectivity index (χ4v) is 4.64. The molecule has 7 heteroatoms. The number of hydrogen-bond donors (Lipinski definition) is 1. The molecule has 2 aromatic heterocycles. The molecule has 1 N–H and O–H groups in total. The van der Waals surface area contributed by atoms with Crippen LogP contribution in [0.2, 0.25) is 5.02 Å². The number of aromatic nitrogens is 4. The summed E-state index contributed by atoms with van der Waals surface area (Å²) in [5.41, 5.74) is 4.82. The van der Waals surface area contributed by atoms with Crippen molar-refractivity contribution in [3.05, 3.63) is 82.9 Å². The van der Waals surface area contributed by atoms with Gasteiger partial charge in [0.25, 0.3) is 0 Å². The summed E-state index contributed by atoms with van der Waals surface area (Å²) in [7, 11) is 4.17. The second-order valence-corrected chi connectivity index (χ2v) is 9.49. The molecule has 0 aliphatic heterocycles. The highest BCUT2D eigenvalue weighted by Gasteiger charge is 2.19. The van der Waals surface area contributed by atoms with E-state index in [9.17, 15) is 0 Å². The molecular weight excluding hydrogens is 456 g/mol. The second kappa shape index (κ2) is 10.0. The predicted molar refractivity (Wildman–Crippen MR) is 145 cm³/mol. The quantitative estimate of drug-likeness (QED) is 0.273. The van der Waals surface area contributed by atoms with Gasteiger partial charge in [-0.3, -0.25) is 4.68 Å². The Hall–Kier alpha value is -3.48. The summed E-state index contributed by atoms with van der Waals surface area (Å²) >= 11 is 6.67. The number of para-hydroxylation sites is 2. The van der Waals surface area contributed by atoms with Gasteiger partial charge in [-0.1, -0.05) is 66.2 Å². The van der Waals surface area contributed by atoms with Gasteiger partial charge in [0.15, 0.2) is 5.82 Å². The van der Waals surface area contributed by atoms with Crippen LogP contribution in [-0.4, -0.2) is 51.8 Å². The van der Waals surface area contributed by atoms with Crippen molar-refractivity contribution in [2.75, 3.05) is 32.5 Å². The van der Waals surface area contributed by atoms with Gasteiger partial charge in [0.2, 0.25) is 0 Å². The van der Waals surface area contributed by atoms with Crippen molar-refractivity contribution >= 4 is 39.2 Å². The average molecular weight is 485 g/mol. The normalized spacial score (nSPS) is 11.6. The van der Waals surface area contributed by atoms with Crippen LogP contribution in [-0.2, 0) is 6.54 Å². The van der Waals surface area contributed by atoms with Crippen LogP contribution >= 0.6 is 11.6 Å². The summed E-state index contributed by atoms with van der Waals surface area (Å²) in [6.07, 6.45) is 1.02. The molecule has 0 fully saturated rings. The monoisotopic (exact) mass is 484 g/mol. The van der Waals surface area contributed by atoms with Crippen LogP contribution in [0.5, 0.6) is 0 Å². The van der Waals surface area contributed by atoms with Crippen molar-refractivity contribution in [1.29, 1.82) is 0 Å². The van der Waals surface area contributed by atoms with Crippen LogP contribution in [0, 0.1) is 6.92 Å². The van der Waals surface area contributed by atoms with Gasteiger partial charge in [-0.25, -0.2) is 9.97 Å². The molecule has 5 aromatic rings. The van der Waals surface area contributed by atoms with Gasteiger partial charge >= 0.3 is 0 Å². The highest BCUT2D eigenvalue weighted by molar-refractivity contribution is 6.35. The summed E-state index contributed by atoms with van der Waals surface area (Å²) in [4.78, 5) is 12.1. The highest BCUT2D eigenvalue weighted by Crippen LogP contribution is 2.33. The first-order valence-corrected chi connectivity index (χ1v) is 12.2. The van der Waals surface area contributed by atoms with E-state index in [-0.39, 0.29) is 0 Å². The van der Waals surface area contributed by atoms with Crippen LogP contribution in [0.25, 0.3) is 33.3 Å². The molecule has 0 radical (unpaired) electrons. The van der Waals surface area contributed by atoms with Gasteiger partial charge in [-0.05, 0) is 57.2 Å². The van der Waals surface area contributed by atoms with E-state index in [1.165, 1.54) is 0 Å². The maximum Gasteiger partial charge on any atom is 0.183 e. The van der Waals surface area contributed by atoms with E-state index in [2.05, 4.69) is 61.6 Å². The number of benzene rings is 3. The molecule has 0 atom stereocenters. The van der Waals surface area contributed by atoms with Crippen molar-refractivity contribution in [3.8, 4) is 11.5 Å². The molecule has 0 saturated carbocycles. The smallest absolute Gasteiger partial charge is 0.183 e. The van der Waals surface area contributed by atoms with Crippen molar-refractivity contribution in [2.24, 2.45) is 0 Å². The number of aryl methyl sites for hydroxylation is 1. The Kier molecular flexibility index (Phi) is 6.66. The molecule has 0 aliphatic carbocycles. The third-order valence-corrected chi connectivity index (χ3v) is 6.42. The second-order valence-electron chi connectivity index (χ2n) is 9.08. The molecule has 2 heterocycles. The van der Waals surface area contributed by atoms with E-state index in [1.807, 2.05) is 41.1 Å². The summed E-state index contributed by atoms with van der Waals surface area (Å²) in [6, 6.07) is 22.4. The Bertz CT molecular complexity index is 1480. The summed E-state index contributed by atoms with van der Waals surface area (Å²) in [6.45, 7) is 4.53. The van der Waals surface area contributed by atoms with E-state index in [0.717, 1.165) is 64.0 Å². The zero-order valence-corrected chi connectivity index (χ0v) is 21.0. The minimum atomic E-state index is 0.598. The fraction of sp³-hybridized carbons (Fsp3) is 0.250. The third-order valence-electron chi connectivity index (χ3n) is 6.11. The van der Waals surface area contributed by atoms with Gasteiger partial charge in [-0.15, -0.1) is 0 Å². The Morgan fingerprint density at radius 1 is 0.914 bits per heavy atom. The maximum absolute atomic E-state index is 6.67. The Balaban J connectivity index is 1.63. The van der Waals surface area contributed by atoms with Crippen LogP contribution in [0.4, 0.5) is 5.82 Å². The minimum absolute atomic E-state index is 0.598. The molecule has 0 saturated heterocycles. The standard InChI is InChI=1S/C28H29ClN6/c1-19-10-7-14-22-24(19)31-28(32-27(22)30-16-9-17-34(2)3)25-21-13-8-15-23(29)26(21)35(33-25)18-20-11-5-4-6-12-20/h4-8,10-15H,9,16-18H2,1-3H3,(H,30,31,32). The summed E-state index contributed by atoms with van der Waals surface area (Å²) < 4.78 is 1.96. The molecule has 3 aromatic carbocycles. The number of rotatable bonds is 8. The van der Waals surface area contributed by atoms with Crippen LogP contribution in [0.1, 0.15) is 17.5 Å². The molecular formula is C28H29ClN6. The van der Waals surface area contributed by atoms with Crippen LogP contribution < -0.4 is 5.32 Å². The molecule has 0 unspecified atom stereocenters. The number of fused-ring (bicyclic) bond motifs is 2. The van der Waals surface area contributed by atoms with Gasteiger partial charge in [-0.2, -0.15) is 5.10 Å². The lowest BCUT2D eigenvalue weighted by Gasteiger charge is -2.13. The molecule has 0 bridgehead atoms. The Morgan fingerprint density at radius 2 is 1.69 bits per heavy atom. The number of hydrogen-bond acceptors (Lipinski definition) is 5. The van der Waals surface area contributed by atoms with E-state index in [4.69, 9.17) is 26.7 Å². The highest BCUT2D eigenvalue weighted by atomic mass is 35.5.